The lowest BCUT2D eigenvalue weighted by atomic mass is 10.1. The first-order valence-electron chi connectivity index (χ1n) is 6.50. The van der Waals surface area contributed by atoms with E-state index in [0.717, 1.165) is 34.3 Å². The van der Waals surface area contributed by atoms with E-state index >= 15 is 0 Å². The Bertz CT molecular complexity index is 703. The number of nitrogens with zero attached hydrogens (tertiary/aromatic N) is 2. The number of thioether (sulfide) groups is 1. The lowest BCUT2D eigenvalue weighted by Crippen LogP contribution is -1.82. The topological polar surface area (TPSA) is 49.8 Å². The van der Waals surface area contributed by atoms with E-state index in [1.54, 1.807) is 0 Å². The second-order valence-electron chi connectivity index (χ2n) is 4.40. The van der Waals surface area contributed by atoms with Gasteiger partial charge in [0.1, 0.15) is 11.1 Å². The van der Waals surface area contributed by atoms with Crippen LogP contribution in [0.3, 0.4) is 0 Å². The zero-order valence-electron chi connectivity index (χ0n) is 11.2. The van der Waals surface area contributed by atoms with Gasteiger partial charge in [-0.15, -0.1) is 0 Å². The number of thiocyanates is 1. The molecule has 0 saturated heterocycles. The number of benzene rings is 2. The average molecular weight is 292 g/mol. The Morgan fingerprint density at radius 1 is 0.952 bits per heavy atom. The maximum absolute atomic E-state index is 8.68. The van der Waals surface area contributed by atoms with E-state index in [2.05, 4.69) is 4.98 Å². The molecule has 3 aromatic rings. The zero-order valence-corrected chi connectivity index (χ0v) is 12.0. The lowest BCUT2D eigenvalue weighted by Gasteiger charge is -2.00. The SMILES string of the molecule is N#CSCc1nc(-c2ccccc2)c(-c2ccccc2)o1. The van der Waals surface area contributed by atoms with Crippen LogP contribution >= 0.6 is 11.8 Å². The standard InChI is InChI=1S/C17H12N2OS/c18-12-21-11-15-19-16(13-7-3-1-4-8-13)17(20-15)14-9-5-2-6-10-14/h1-10H,11H2. The van der Waals surface area contributed by atoms with Gasteiger partial charge in [0.2, 0.25) is 5.89 Å². The molecule has 0 N–H and O–H groups in total. The Morgan fingerprint density at radius 3 is 2.19 bits per heavy atom. The highest BCUT2D eigenvalue weighted by atomic mass is 32.2. The van der Waals surface area contributed by atoms with Crippen LogP contribution in [0.25, 0.3) is 22.6 Å². The van der Waals surface area contributed by atoms with E-state index in [1.807, 2.05) is 66.1 Å². The number of oxazole rings is 1. The van der Waals surface area contributed by atoms with Crippen LogP contribution in [0.4, 0.5) is 0 Å². The third kappa shape index (κ3) is 2.99. The molecule has 1 heterocycles. The van der Waals surface area contributed by atoms with E-state index in [9.17, 15) is 0 Å². The lowest BCUT2D eigenvalue weighted by molar-refractivity contribution is 0.530. The molecule has 0 atom stereocenters. The molecule has 0 radical (unpaired) electrons. The van der Waals surface area contributed by atoms with Crippen LogP contribution < -0.4 is 0 Å². The van der Waals surface area contributed by atoms with Crippen molar-refractivity contribution in [2.45, 2.75) is 5.75 Å². The summed E-state index contributed by atoms with van der Waals surface area (Å²) in [5.74, 6) is 1.76. The van der Waals surface area contributed by atoms with Gasteiger partial charge < -0.3 is 4.42 Å². The monoisotopic (exact) mass is 292 g/mol. The second kappa shape index (κ2) is 6.29. The smallest absolute Gasteiger partial charge is 0.206 e. The van der Waals surface area contributed by atoms with Gasteiger partial charge >= 0.3 is 0 Å². The van der Waals surface area contributed by atoms with Crippen molar-refractivity contribution in [3.8, 4) is 28.0 Å². The molecule has 4 heteroatoms. The minimum atomic E-state index is 0.448. The van der Waals surface area contributed by atoms with Crippen molar-refractivity contribution < 1.29 is 4.42 Å². The summed E-state index contributed by atoms with van der Waals surface area (Å²) in [7, 11) is 0. The largest absolute Gasteiger partial charge is 0.439 e. The molecule has 102 valence electrons. The summed E-state index contributed by atoms with van der Waals surface area (Å²) in [6, 6.07) is 19.8. The van der Waals surface area contributed by atoms with Gasteiger partial charge in [-0.25, -0.2) is 4.98 Å². The summed E-state index contributed by atoms with van der Waals surface area (Å²) < 4.78 is 5.87. The third-order valence-electron chi connectivity index (χ3n) is 3.01. The number of nitriles is 1. The highest BCUT2D eigenvalue weighted by molar-refractivity contribution is 8.02. The molecule has 0 saturated carbocycles. The van der Waals surface area contributed by atoms with Crippen LogP contribution in [0.15, 0.2) is 65.1 Å². The second-order valence-corrected chi connectivity index (χ2v) is 5.16. The minimum absolute atomic E-state index is 0.448. The van der Waals surface area contributed by atoms with Crippen molar-refractivity contribution in [2.24, 2.45) is 0 Å². The zero-order chi connectivity index (χ0) is 14.5. The highest BCUT2D eigenvalue weighted by Crippen LogP contribution is 2.33. The summed E-state index contributed by atoms with van der Waals surface area (Å²) in [5.41, 5.74) is 2.81. The fraction of sp³-hybridized carbons (Fsp3) is 0.0588. The number of hydrogen-bond acceptors (Lipinski definition) is 4. The molecule has 0 aliphatic heterocycles. The van der Waals surface area contributed by atoms with Gasteiger partial charge in [-0.1, -0.05) is 60.7 Å². The average Bonchev–Trinajstić information content (AvgIpc) is 2.99. The molecule has 3 nitrogen and oxygen atoms in total. The molecule has 21 heavy (non-hydrogen) atoms. The van der Waals surface area contributed by atoms with Gasteiger partial charge in [0.25, 0.3) is 0 Å². The molecule has 0 spiro atoms. The first kappa shape index (κ1) is 13.5. The third-order valence-corrected chi connectivity index (χ3v) is 3.54. The quantitative estimate of drug-likeness (QED) is 0.653. The summed E-state index contributed by atoms with van der Waals surface area (Å²) in [6.45, 7) is 0. The molecule has 0 aliphatic carbocycles. The number of aromatic nitrogens is 1. The Morgan fingerprint density at radius 2 is 1.57 bits per heavy atom. The van der Waals surface area contributed by atoms with E-state index < -0.39 is 0 Å². The van der Waals surface area contributed by atoms with Gasteiger partial charge in [0.05, 0.1) is 5.75 Å². The Kier molecular flexibility index (Phi) is 4.04. The molecule has 1 aromatic heterocycles. The number of rotatable bonds is 4. The Hall–Kier alpha value is -2.51. The normalized spacial score (nSPS) is 10.2. The van der Waals surface area contributed by atoms with Crippen molar-refractivity contribution in [3.05, 3.63) is 66.6 Å². The van der Waals surface area contributed by atoms with Crippen molar-refractivity contribution in [1.29, 1.82) is 5.26 Å². The predicted octanol–water partition coefficient (Wildman–Crippen LogP) is 4.72. The van der Waals surface area contributed by atoms with E-state index in [4.69, 9.17) is 9.68 Å². The van der Waals surface area contributed by atoms with E-state index in [1.165, 1.54) is 0 Å². The van der Waals surface area contributed by atoms with Gasteiger partial charge in [0.15, 0.2) is 5.76 Å². The fourth-order valence-electron chi connectivity index (χ4n) is 2.10. The maximum atomic E-state index is 8.68. The first-order chi connectivity index (χ1) is 10.4. The maximum Gasteiger partial charge on any atom is 0.206 e. The van der Waals surface area contributed by atoms with E-state index in [0.29, 0.717) is 11.6 Å². The summed E-state index contributed by atoms with van der Waals surface area (Å²) >= 11 is 1.12. The van der Waals surface area contributed by atoms with Crippen LogP contribution in [-0.2, 0) is 5.75 Å². The summed E-state index contributed by atoms with van der Waals surface area (Å²) in [5, 5.41) is 10.7. The van der Waals surface area contributed by atoms with Crippen molar-refractivity contribution >= 4 is 11.8 Å². The molecular formula is C17H12N2OS. The van der Waals surface area contributed by atoms with E-state index in [-0.39, 0.29) is 0 Å². The molecule has 0 bridgehead atoms. The minimum Gasteiger partial charge on any atom is -0.439 e. The van der Waals surface area contributed by atoms with Crippen LogP contribution in [0, 0.1) is 10.7 Å². The Labute approximate surface area is 127 Å². The fourth-order valence-corrected chi connectivity index (χ4v) is 2.41. The van der Waals surface area contributed by atoms with Gasteiger partial charge in [-0.2, -0.15) is 5.26 Å². The molecule has 3 rings (SSSR count). The van der Waals surface area contributed by atoms with Crippen LogP contribution in [0.1, 0.15) is 5.89 Å². The van der Waals surface area contributed by atoms with Crippen LogP contribution in [-0.4, -0.2) is 4.98 Å². The van der Waals surface area contributed by atoms with Crippen LogP contribution in [0.2, 0.25) is 0 Å². The Balaban J connectivity index is 2.09. The number of hydrogen-bond donors (Lipinski definition) is 0. The molecule has 0 aliphatic rings. The molecule has 2 aromatic carbocycles. The first-order valence-corrected chi connectivity index (χ1v) is 7.48. The van der Waals surface area contributed by atoms with Gasteiger partial charge in [-0.3, -0.25) is 0 Å². The summed E-state index contributed by atoms with van der Waals surface area (Å²) in [4.78, 5) is 4.56. The molecular weight excluding hydrogens is 280 g/mol. The van der Waals surface area contributed by atoms with Crippen LogP contribution in [0.5, 0.6) is 0 Å². The van der Waals surface area contributed by atoms with Crippen molar-refractivity contribution in [1.82, 2.24) is 4.98 Å². The molecule has 0 amide bonds. The molecule has 0 fully saturated rings. The predicted molar refractivity (Wildman–Crippen MR) is 84.3 cm³/mol. The van der Waals surface area contributed by atoms with Gasteiger partial charge in [-0.05, 0) is 11.8 Å². The summed E-state index contributed by atoms with van der Waals surface area (Å²) in [6.07, 6.45) is 0. The molecule has 0 unspecified atom stereocenters. The van der Waals surface area contributed by atoms with Crippen molar-refractivity contribution in [3.63, 3.8) is 0 Å². The highest BCUT2D eigenvalue weighted by Gasteiger charge is 2.16. The van der Waals surface area contributed by atoms with Crippen molar-refractivity contribution in [2.75, 3.05) is 0 Å². The van der Waals surface area contributed by atoms with Gasteiger partial charge in [0, 0.05) is 11.1 Å².